The second-order valence-electron chi connectivity index (χ2n) is 6.74. The second kappa shape index (κ2) is 7.41. The minimum atomic E-state index is -3.55. The van der Waals surface area contributed by atoms with Crippen LogP contribution in [-0.2, 0) is 32.5 Å². The van der Waals surface area contributed by atoms with E-state index in [1.54, 1.807) is 35.3 Å². The number of rotatable bonds is 5. The molecular formula is C18H22N4O4S. The van der Waals surface area contributed by atoms with Crippen LogP contribution in [0.15, 0.2) is 41.6 Å². The van der Waals surface area contributed by atoms with Crippen LogP contribution < -0.4 is 5.32 Å². The third kappa shape index (κ3) is 3.76. The first kappa shape index (κ1) is 18.1. The van der Waals surface area contributed by atoms with E-state index in [9.17, 15) is 13.2 Å². The molecule has 2 aromatic rings. The van der Waals surface area contributed by atoms with Gasteiger partial charge in [0.1, 0.15) is 6.54 Å². The van der Waals surface area contributed by atoms with Gasteiger partial charge in [0.25, 0.3) is 0 Å². The van der Waals surface area contributed by atoms with Crippen molar-refractivity contribution in [1.82, 2.24) is 19.4 Å². The Kier molecular flexibility index (Phi) is 4.98. The Morgan fingerprint density at radius 1 is 1.30 bits per heavy atom. The van der Waals surface area contributed by atoms with Gasteiger partial charge in [-0.05, 0) is 42.2 Å². The SMILES string of the molecule is O=C(Cn1cccn1)NC1CCc2ccc(S(=O)(=O)N3CCOCC3)cc21. The first-order valence-corrected chi connectivity index (χ1v) is 10.5. The normalized spacial score (nSPS) is 20.4. The van der Waals surface area contributed by atoms with Crippen LogP contribution in [0.25, 0.3) is 0 Å². The Morgan fingerprint density at radius 3 is 2.85 bits per heavy atom. The minimum absolute atomic E-state index is 0.141. The first-order chi connectivity index (χ1) is 13.0. The molecule has 1 unspecified atom stereocenters. The lowest BCUT2D eigenvalue weighted by Gasteiger charge is -2.26. The van der Waals surface area contributed by atoms with E-state index in [2.05, 4.69) is 10.4 Å². The molecule has 9 heteroatoms. The zero-order chi connectivity index (χ0) is 18.9. The molecule has 1 atom stereocenters. The monoisotopic (exact) mass is 390 g/mol. The molecule has 144 valence electrons. The largest absolute Gasteiger partial charge is 0.379 e. The molecule has 27 heavy (non-hydrogen) atoms. The highest BCUT2D eigenvalue weighted by Gasteiger charge is 2.30. The van der Waals surface area contributed by atoms with Gasteiger partial charge in [0, 0.05) is 25.5 Å². The molecule has 2 aliphatic rings. The maximum atomic E-state index is 12.9. The van der Waals surface area contributed by atoms with Crippen molar-refractivity contribution < 1.29 is 17.9 Å². The number of hydrogen-bond acceptors (Lipinski definition) is 5. The van der Waals surface area contributed by atoms with Crippen LogP contribution in [0.2, 0.25) is 0 Å². The van der Waals surface area contributed by atoms with Crippen molar-refractivity contribution in [3.05, 3.63) is 47.8 Å². The Morgan fingerprint density at radius 2 is 2.11 bits per heavy atom. The number of benzene rings is 1. The van der Waals surface area contributed by atoms with Crippen LogP contribution in [0.1, 0.15) is 23.6 Å². The molecule has 0 radical (unpaired) electrons. The van der Waals surface area contributed by atoms with Gasteiger partial charge in [-0.25, -0.2) is 8.42 Å². The highest BCUT2D eigenvalue weighted by Crippen LogP contribution is 2.33. The fourth-order valence-electron chi connectivity index (χ4n) is 3.61. The molecular weight excluding hydrogens is 368 g/mol. The minimum Gasteiger partial charge on any atom is -0.379 e. The van der Waals surface area contributed by atoms with E-state index in [0.717, 1.165) is 24.0 Å². The molecule has 0 bridgehead atoms. The molecule has 1 saturated heterocycles. The fourth-order valence-corrected chi connectivity index (χ4v) is 5.05. The summed E-state index contributed by atoms with van der Waals surface area (Å²) in [5.74, 6) is -0.141. The van der Waals surface area contributed by atoms with Crippen LogP contribution >= 0.6 is 0 Å². The summed E-state index contributed by atoms with van der Waals surface area (Å²) in [6.07, 6.45) is 4.94. The lowest BCUT2D eigenvalue weighted by molar-refractivity contribution is -0.122. The highest BCUT2D eigenvalue weighted by atomic mass is 32.2. The summed E-state index contributed by atoms with van der Waals surface area (Å²) in [5.41, 5.74) is 1.97. The zero-order valence-corrected chi connectivity index (χ0v) is 15.7. The van der Waals surface area contributed by atoms with Crippen molar-refractivity contribution in [1.29, 1.82) is 0 Å². The number of carbonyl (C=O) groups excluding carboxylic acids is 1. The van der Waals surface area contributed by atoms with Gasteiger partial charge in [-0.2, -0.15) is 9.40 Å². The number of amides is 1. The molecule has 1 fully saturated rings. The average Bonchev–Trinajstić information content (AvgIpc) is 3.32. The van der Waals surface area contributed by atoms with E-state index < -0.39 is 10.0 Å². The van der Waals surface area contributed by atoms with E-state index >= 15 is 0 Å². The van der Waals surface area contributed by atoms with Gasteiger partial charge < -0.3 is 10.1 Å². The number of hydrogen-bond donors (Lipinski definition) is 1. The maximum Gasteiger partial charge on any atom is 0.243 e. The van der Waals surface area contributed by atoms with Crippen LogP contribution in [0.3, 0.4) is 0 Å². The predicted molar refractivity (Wildman–Crippen MR) is 97.5 cm³/mol. The summed E-state index contributed by atoms with van der Waals surface area (Å²) in [4.78, 5) is 12.6. The summed E-state index contributed by atoms with van der Waals surface area (Å²) in [6, 6.07) is 6.83. The topological polar surface area (TPSA) is 93.5 Å². The molecule has 8 nitrogen and oxygen atoms in total. The van der Waals surface area contributed by atoms with E-state index in [1.165, 1.54) is 4.31 Å². The summed E-state index contributed by atoms with van der Waals surface area (Å²) in [6.45, 7) is 1.70. The number of sulfonamides is 1. The molecule has 0 spiro atoms. The number of fused-ring (bicyclic) bond motifs is 1. The maximum absolute atomic E-state index is 12.9. The quantitative estimate of drug-likeness (QED) is 0.812. The molecule has 1 N–H and O–H groups in total. The Bertz CT molecular complexity index is 921. The highest BCUT2D eigenvalue weighted by molar-refractivity contribution is 7.89. The molecule has 1 aromatic heterocycles. The van der Waals surface area contributed by atoms with Crippen LogP contribution in [-0.4, -0.2) is 54.7 Å². The van der Waals surface area contributed by atoms with E-state index in [1.807, 2.05) is 6.07 Å². The van der Waals surface area contributed by atoms with Crippen molar-refractivity contribution in [2.75, 3.05) is 26.3 Å². The predicted octanol–water partition coefficient (Wildman–Crippen LogP) is 0.708. The lowest BCUT2D eigenvalue weighted by Crippen LogP contribution is -2.40. The van der Waals surface area contributed by atoms with E-state index in [0.29, 0.717) is 26.3 Å². The van der Waals surface area contributed by atoms with Crippen molar-refractivity contribution in [3.8, 4) is 0 Å². The number of aromatic nitrogens is 2. The van der Waals surface area contributed by atoms with Gasteiger partial charge in [-0.15, -0.1) is 0 Å². The van der Waals surface area contributed by atoms with Crippen LogP contribution in [0.5, 0.6) is 0 Å². The van der Waals surface area contributed by atoms with Crippen molar-refractivity contribution in [2.24, 2.45) is 0 Å². The third-order valence-corrected chi connectivity index (χ3v) is 6.90. The second-order valence-corrected chi connectivity index (χ2v) is 8.68. The fraction of sp³-hybridized carbons (Fsp3) is 0.444. The third-order valence-electron chi connectivity index (χ3n) is 5.00. The molecule has 1 amide bonds. The smallest absolute Gasteiger partial charge is 0.243 e. The molecule has 1 aliphatic carbocycles. The van der Waals surface area contributed by atoms with Crippen LogP contribution in [0, 0.1) is 0 Å². The summed E-state index contributed by atoms with van der Waals surface area (Å²) in [5, 5.41) is 7.04. The number of ether oxygens (including phenoxy) is 1. The van der Waals surface area contributed by atoms with Gasteiger partial charge in [0.15, 0.2) is 0 Å². The van der Waals surface area contributed by atoms with Crippen molar-refractivity contribution >= 4 is 15.9 Å². The van der Waals surface area contributed by atoms with Crippen LogP contribution in [0.4, 0.5) is 0 Å². The number of carbonyl (C=O) groups is 1. The molecule has 0 saturated carbocycles. The molecule has 4 rings (SSSR count). The molecule has 1 aliphatic heterocycles. The standard InChI is InChI=1S/C18H22N4O4S/c23-18(13-21-7-1-6-19-21)20-17-5-3-14-2-4-15(12-16(14)17)27(24,25)22-8-10-26-11-9-22/h1-2,4,6-7,12,17H,3,5,8-11,13H2,(H,20,23). The Hall–Kier alpha value is -2.23. The molecule has 2 heterocycles. The van der Waals surface area contributed by atoms with Crippen molar-refractivity contribution in [2.45, 2.75) is 30.3 Å². The van der Waals surface area contributed by atoms with Gasteiger partial charge in [-0.1, -0.05) is 6.07 Å². The molecule has 1 aromatic carbocycles. The number of morpholine rings is 1. The lowest BCUT2D eigenvalue weighted by atomic mass is 10.1. The number of nitrogens with one attached hydrogen (secondary N) is 1. The van der Waals surface area contributed by atoms with Gasteiger partial charge >= 0.3 is 0 Å². The Labute approximate surface area is 158 Å². The number of aryl methyl sites for hydroxylation is 1. The van der Waals surface area contributed by atoms with Crippen molar-refractivity contribution in [3.63, 3.8) is 0 Å². The summed E-state index contributed by atoms with van der Waals surface area (Å²) in [7, 11) is -3.55. The van der Waals surface area contributed by atoms with E-state index in [4.69, 9.17) is 4.74 Å². The first-order valence-electron chi connectivity index (χ1n) is 9.01. The van der Waals surface area contributed by atoms with E-state index in [-0.39, 0.29) is 23.4 Å². The average molecular weight is 390 g/mol. The summed E-state index contributed by atoms with van der Waals surface area (Å²) >= 11 is 0. The zero-order valence-electron chi connectivity index (χ0n) is 14.9. The number of nitrogens with zero attached hydrogens (tertiary/aromatic N) is 3. The van der Waals surface area contributed by atoms with Gasteiger partial charge in [0.05, 0.1) is 24.2 Å². The van der Waals surface area contributed by atoms with Gasteiger partial charge in [0.2, 0.25) is 15.9 Å². The Balaban J connectivity index is 1.52. The summed E-state index contributed by atoms with van der Waals surface area (Å²) < 4.78 is 34.1. The van der Waals surface area contributed by atoms with Gasteiger partial charge in [-0.3, -0.25) is 9.48 Å².